The Bertz CT molecular complexity index is 656. The molecule has 4 N–H and O–H groups in total. The number of aromatic nitrogens is 2. The third-order valence-corrected chi connectivity index (χ3v) is 4.99. The van der Waals surface area contributed by atoms with E-state index in [0.29, 0.717) is 12.2 Å². The van der Waals surface area contributed by atoms with E-state index in [1.165, 1.54) is 0 Å². The third-order valence-electron chi connectivity index (χ3n) is 4.01. The Balaban J connectivity index is 1.86. The lowest BCUT2D eigenvalue weighted by Crippen LogP contribution is -2.31. The average molecular weight is 298 g/mol. The molecule has 2 saturated carbocycles. The van der Waals surface area contributed by atoms with Crippen LogP contribution in [0.25, 0.3) is 0 Å². The molecule has 2 aliphatic carbocycles. The molecular formula is C12H18N4O3S. The Morgan fingerprint density at radius 2 is 2.15 bits per heavy atom. The highest BCUT2D eigenvalue weighted by Gasteiger charge is 2.39. The van der Waals surface area contributed by atoms with E-state index in [9.17, 15) is 13.2 Å². The van der Waals surface area contributed by atoms with Crippen LogP contribution in [0.15, 0.2) is 4.90 Å². The van der Waals surface area contributed by atoms with Crippen molar-refractivity contribution in [3.63, 3.8) is 0 Å². The average Bonchev–Trinajstić information content (AvgIpc) is 3.27. The first-order chi connectivity index (χ1) is 9.30. The quantitative estimate of drug-likeness (QED) is 0.732. The van der Waals surface area contributed by atoms with Crippen LogP contribution < -0.4 is 10.5 Å². The fraction of sp³-hybridized carbons (Fsp3) is 0.667. The molecule has 0 aromatic carbocycles. The standard InChI is InChI=1S/C12H18N4O3S/c1-12(4-5-12)6-14-11(17)9-10(20(13,18)19)8(15-16-9)7-2-3-7/h7H,2-6H2,1H3,(H,14,17)(H,15,16)(H2,13,18,19). The molecule has 20 heavy (non-hydrogen) atoms. The molecule has 2 aliphatic rings. The number of hydrogen-bond acceptors (Lipinski definition) is 4. The molecule has 110 valence electrons. The monoisotopic (exact) mass is 298 g/mol. The molecule has 8 heteroatoms. The molecule has 1 aromatic rings. The minimum atomic E-state index is -3.96. The first-order valence-corrected chi connectivity index (χ1v) is 8.24. The van der Waals surface area contributed by atoms with E-state index in [1.54, 1.807) is 0 Å². The number of nitrogens with zero attached hydrogens (tertiary/aromatic N) is 1. The highest BCUT2D eigenvalue weighted by atomic mass is 32.2. The van der Waals surface area contributed by atoms with Crippen molar-refractivity contribution in [3.05, 3.63) is 11.4 Å². The van der Waals surface area contributed by atoms with Crippen molar-refractivity contribution in [2.75, 3.05) is 6.54 Å². The highest BCUT2D eigenvalue weighted by molar-refractivity contribution is 7.89. The fourth-order valence-electron chi connectivity index (χ4n) is 2.20. The summed E-state index contributed by atoms with van der Waals surface area (Å²) in [6.45, 7) is 2.61. The summed E-state index contributed by atoms with van der Waals surface area (Å²) >= 11 is 0. The normalized spacial score (nSPS) is 20.7. The molecule has 2 fully saturated rings. The summed E-state index contributed by atoms with van der Waals surface area (Å²) in [5, 5.41) is 14.5. The number of sulfonamides is 1. The Morgan fingerprint density at radius 1 is 1.50 bits per heavy atom. The summed E-state index contributed by atoms with van der Waals surface area (Å²) in [5.41, 5.74) is 0.501. The molecule has 0 aliphatic heterocycles. The molecule has 0 radical (unpaired) electrons. The zero-order valence-electron chi connectivity index (χ0n) is 11.3. The zero-order chi connectivity index (χ0) is 14.5. The van der Waals surface area contributed by atoms with Crippen molar-refractivity contribution in [1.82, 2.24) is 15.5 Å². The summed E-state index contributed by atoms with van der Waals surface area (Å²) in [4.78, 5) is 12.0. The molecule has 1 amide bonds. The largest absolute Gasteiger partial charge is 0.350 e. The molecule has 0 unspecified atom stereocenters. The summed E-state index contributed by atoms with van der Waals surface area (Å²) in [6, 6.07) is 0. The van der Waals surface area contributed by atoms with Crippen molar-refractivity contribution in [1.29, 1.82) is 0 Å². The Labute approximate surface area is 117 Å². The van der Waals surface area contributed by atoms with Crippen molar-refractivity contribution in [2.24, 2.45) is 10.6 Å². The zero-order valence-corrected chi connectivity index (χ0v) is 12.1. The Hall–Kier alpha value is -1.41. The van der Waals surface area contributed by atoms with Crippen molar-refractivity contribution in [3.8, 4) is 0 Å². The second kappa shape index (κ2) is 4.29. The van der Waals surface area contributed by atoms with Gasteiger partial charge in [-0.3, -0.25) is 9.89 Å². The maximum atomic E-state index is 12.1. The lowest BCUT2D eigenvalue weighted by Gasteiger charge is -2.09. The van der Waals surface area contributed by atoms with Crippen LogP contribution in [0.3, 0.4) is 0 Å². The number of amides is 1. The maximum absolute atomic E-state index is 12.1. The van der Waals surface area contributed by atoms with Crippen LogP contribution in [-0.4, -0.2) is 31.1 Å². The van der Waals surface area contributed by atoms with E-state index in [0.717, 1.165) is 25.7 Å². The number of H-pyrrole nitrogens is 1. The summed E-state index contributed by atoms with van der Waals surface area (Å²) in [6.07, 6.45) is 3.93. The fourth-order valence-corrected chi connectivity index (χ4v) is 3.13. The number of nitrogens with two attached hydrogens (primary N) is 1. The van der Waals surface area contributed by atoms with E-state index in [-0.39, 0.29) is 21.9 Å². The number of nitrogens with one attached hydrogen (secondary N) is 2. The number of aromatic amines is 1. The van der Waals surface area contributed by atoms with Crippen molar-refractivity contribution < 1.29 is 13.2 Å². The predicted octanol–water partition coefficient (Wildman–Crippen LogP) is 0.464. The summed E-state index contributed by atoms with van der Waals surface area (Å²) in [5.74, 6) is -0.358. The Kier molecular flexibility index (Phi) is 2.91. The van der Waals surface area contributed by atoms with Gasteiger partial charge < -0.3 is 5.32 Å². The molecule has 1 aromatic heterocycles. The minimum Gasteiger partial charge on any atom is -0.350 e. The van der Waals surface area contributed by atoms with E-state index in [1.807, 2.05) is 0 Å². The minimum absolute atomic E-state index is 0.112. The van der Waals surface area contributed by atoms with E-state index in [2.05, 4.69) is 22.4 Å². The van der Waals surface area contributed by atoms with Gasteiger partial charge in [-0.25, -0.2) is 13.6 Å². The van der Waals surface area contributed by atoms with Crippen molar-refractivity contribution in [2.45, 2.75) is 43.4 Å². The molecular weight excluding hydrogens is 280 g/mol. The molecule has 3 rings (SSSR count). The van der Waals surface area contributed by atoms with Gasteiger partial charge in [0.05, 0.1) is 5.69 Å². The molecule has 0 saturated heterocycles. The van der Waals surface area contributed by atoms with Crippen LogP contribution in [0.2, 0.25) is 0 Å². The lowest BCUT2D eigenvalue weighted by atomic mass is 10.1. The molecule has 1 heterocycles. The van der Waals surface area contributed by atoms with Crippen LogP contribution in [0.5, 0.6) is 0 Å². The van der Waals surface area contributed by atoms with Crippen LogP contribution >= 0.6 is 0 Å². The molecule has 0 bridgehead atoms. The van der Waals surface area contributed by atoms with Gasteiger partial charge in [0.25, 0.3) is 5.91 Å². The van der Waals surface area contributed by atoms with E-state index in [4.69, 9.17) is 5.14 Å². The van der Waals surface area contributed by atoms with Gasteiger partial charge in [-0.1, -0.05) is 6.92 Å². The van der Waals surface area contributed by atoms with Gasteiger partial charge in [-0.2, -0.15) is 5.10 Å². The van der Waals surface area contributed by atoms with Gasteiger partial charge in [-0.05, 0) is 31.1 Å². The molecule has 7 nitrogen and oxygen atoms in total. The second-order valence-corrected chi connectivity index (χ2v) is 7.63. The van der Waals surface area contributed by atoms with Gasteiger partial charge in [0.15, 0.2) is 5.69 Å². The van der Waals surface area contributed by atoms with Gasteiger partial charge in [0.1, 0.15) is 4.90 Å². The summed E-state index contributed by atoms with van der Waals surface area (Å²) in [7, 11) is -3.96. The van der Waals surface area contributed by atoms with Gasteiger partial charge in [0.2, 0.25) is 10.0 Å². The van der Waals surface area contributed by atoms with Crippen LogP contribution in [-0.2, 0) is 10.0 Å². The third kappa shape index (κ3) is 2.57. The first-order valence-electron chi connectivity index (χ1n) is 6.69. The van der Waals surface area contributed by atoms with E-state index < -0.39 is 15.9 Å². The summed E-state index contributed by atoms with van der Waals surface area (Å²) < 4.78 is 23.4. The topological polar surface area (TPSA) is 118 Å². The maximum Gasteiger partial charge on any atom is 0.273 e. The van der Waals surface area contributed by atoms with E-state index >= 15 is 0 Å². The van der Waals surface area contributed by atoms with Gasteiger partial charge >= 0.3 is 0 Å². The Morgan fingerprint density at radius 3 is 2.65 bits per heavy atom. The predicted molar refractivity (Wildman–Crippen MR) is 71.6 cm³/mol. The highest BCUT2D eigenvalue weighted by Crippen LogP contribution is 2.44. The number of rotatable bonds is 5. The molecule has 0 atom stereocenters. The number of carbonyl (C=O) groups is 1. The van der Waals surface area contributed by atoms with Gasteiger partial charge in [-0.15, -0.1) is 0 Å². The first kappa shape index (κ1) is 13.6. The molecule has 0 spiro atoms. The number of hydrogen-bond donors (Lipinski definition) is 3. The second-order valence-electron chi connectivity index (χ2n) is 6.13. The van der Waals surface area contributed by atoms with Crippen LogP contribution in [0.1, 0.15) is 54.7 Å². The SMILES string of the molecule is CC1(CNC(=O)c2n[nH]c(C3CC3)c2S(N)(=O)=O)CC1. The van der Waals surface area contributed by atoms with Crippen LogP contribution in [0.4, 0.5) is 0 Å². The van der Waals surface area contributed by atoms with Gasteiger partial charge in [0, 0.05) is 12.5 Å². The lowest BCUT2D eigenvalue weighted by molar-refractivity contribution is 0.0937. The number of carbonyl (C=O) groups excluding carboxylic acids is 1. The van der Waals surface area contributed by atoms with Crippen LogP contribution in [0, 0.1) is 5.41 Å². The number of primary sulfonamides is 1. The van der Waals surface area contributed by atoms with Crippen molar-refractivity contribution >= 4 is 15.9 Å². The smallest absolute Gasteiger partial charge is 0.273 e.